The largest absolute Gasteiger partial charge is 0.352 e. The van der Waals surface area contributed by atoms with E-state index in [2.05, 4.69) is 5.32 Å². The molecule has 0 aromatic carbocycles. The summed E-state index contributed by atoms with van der Waals surface area (Å²) in [4.78, 5) is 24.5. The zero-order valence-electron chi connectivity index (χ0n) is 10.0. The maximum absolute atomic E-state index is 11.7. The van der Waals surface area contributed by atoms with E-state index in [9.17, 15) is 9.59 Å². The summed E-state index contributed by atoms with van der Waals surface area (Å²) in [6.07, 6.45) is 3.64. The molecule has 1 saturated carbocycles. The van der Waals surface area contributed by atoms with E-state index in [1.165, 1.54) is 4.90 Å². The van der Waals surface area contributed by atoms with Crippen molar-refractivity contribution in [2.75, 3.05) is 13.6 Å². The second-order valence-corrected chi connectivity index (χ2v) is 4.43. The average Bonchev–Trinajstić information content (AvgIpc) is 3.00. The predicted molar refractivity (Wildman–Crippen MR) is 61.7 cm³/mol. The molecule has 0 aromatic rings. The molecule has 1 aliphatic rings. The summed E-state index contributed by atoms with van der Waals surface area (Å²) in [5, 5.41) is 2.84. The lowest BCUT2D eigenvalue weighted by Crippen LogP contribution is -2.46. The second kappa shape index (κ2) is 5.84. The smallest absolute Gasteiger partial charge is 0.239 e. The first-order valence-electron chi connectivity index (χ1n) is 5.84. The molecule has 0 spiro atoms. The summed E-state index contributed by atoms with van der Waals surface area (Å²) < 4.78 is 0. The predicted octanol–water partition coefficient (Wildman–Crippen LogP) is -0.149. The van der Waals surface area contributed by atoms with Gasteiger partial charge in [0.2, 0.25) is 11.8 Å². The topological polar surface area (TPSA) is 75.4 Å². The molecule has 1 fully saturated rings. The monoisotopic (exact) mass is 227 g/mol. The van der Waals surface area contributed by atoms with Crippen LogP contribution < -0.4 is 11.1 Å². The normalized spacial score (nSPS) is 16.7. The second-order valence-electron chi connectivity index (χ2n) is 4.43. The molecule has 3 N–H and O–H groups in total. The highest BCUT2D eigenvalue weighted by Crippen LogP contribution is 2.18. The van der Waals surface area contributed by atoms with Crippen molar-refractivity contribution in [1.29, 1.82) is 0 Å². The number of nitrogens with zero attached hydrogens (tertiary/aromatic N) is 1. The first kappa shape index (κ1) is 13.0. The Bertz CT molecular complexity index is 264. The van der Waals surface area contributed by atoms with E-state index in [1.54, 1.807) is 7.05 Å². The summed E-state index contributed by atoms with van der Waals surface area (Å²) in [5.74, 6) is -0.255. The summed E-state index contributed by atoms with van der Waals surface area (Å²) in [6.45, 7) is 2.08. The number of amides is 2. The van der Waals surface area contributed by atoms with E-state index in [0.717, 1.165) is 19.3 Å². The molecule has 5 heteroatoms. The summed E-state index contributed by atoms with van der Waals surface area (Å²) in [6, 6.07) is -0.149. The molecule has 0 radical (unpaired) electrons. The van der Waals surface area contributed by atoms with Crippen LogP contribution in [0.1, 0.15) is 32.6 Å². The molecule has 1 rings (SSSR count). The third-order valence-corrected chi connectivity index (χ3v) is 2.62. The number of carbonyl (C=O) groups excluding carboxylic acids is 2. The lowest BCUT2D eigenvalue weighted by molar-refractivity contribution is -0.135. The van der Waals surface area contributed by atoms with Gasteiger partial charge in [-0.1, -0.05) is 13.3 Å². The fourth-order valence-electron chi connectivity index (χ4n) is 1.51. The Morgan fingerprint density at radius 1 is 1.50 bits per heavy atom. The minimum atomic E-state index is -0.483. The molecule has 1 aliphatic carbocycles. The quantitative estimate of drug-likeness (QED) is 0.662. The molecule has 1 atom stereocenters. The number of nitrogens with one attached hydrogen (secondary N) is 1. The average molecular weight is 227 g/mol. The van der Waals surface area contributed by atoms with Crippen LogP contribution in [0.25, 0.3) is 0 Å². The fourth-order valence-corrected chi connectivity index (χ4v) is 1.51. The molecule has 0 unspecified atom stereocenters. The van der Waals surface area contributed by atoms with E-state index in [1.807, 2.05) is 6.92 Å². The SMILES string of the molecule is CCC[C@@H](N)C(=O)N(C)CC(=O)NC1CC1. The minimum absolute atomic E-state index is 0.0953. The Kier molecular flexibility index (Phi) is 4.73. The Labute approximate surface area is 96.4 Å². The zero-order chi connectivity index (χ0) is 12.1. The maximum atomic E-state index is 11.7. The van der Waals surface area contributed by atoms with E-state index >= 15 is 0 Å². The molecular weight excluding hydrogens is 206 g/mol. The summed E-state index contributed by atoms with van der Waals surface area (Å²) >= 11 is 0. The van der Waals surface area contributed by atoms with Gasteiger partial charge in [0.05, 0.1) is 12.6 Å². The number of carbonyl (C=O) groups is 2. The highest BCUT2D eigenvalue weighted by atomic mass is 16.2. The molecular formula is C11H21N3O2. The molecule has 92 valence electrons. The lowest BCUT2D eigenvalue weighted by atomic mass is 10.1. The van der Waals surface area contributed by atoms with Crippen LogP contribution in [0.5, 0.6) is 0 Å². The maximum Gasteiger partial charge on any atom is 0.239 e. The Morgan fingerprint density at radius 2 is 2.12 bits per heavy atom. The van der Waals surface area contributed by atoms with Crippen LogP contribution in [-0.4, -0.2) is 42.4 Å². The van der Waals surface area contributed by atoms with Gasteiger partial charge in [0.25, 0.3) is 0 Å². The van der Waals surface area contributed by atoms with E-state index < -0.39 is 6.04 Å². The van der Waals surface area contributed by atoms with Crippen molar-refractivity contribution in [2.45, 2.75) is 44.7 Å². The Balaban J connectivity index is 2.28. The number of hydrogen-bond donors (Lipinski definition) is 2. The first-order chi connectivity index (χ1) is 7.54. The highest BCUT2D eigenvalue weighted by Gasteiger charge is 2.25. The van der Waals surface area contributed by atoms with Crippen molar-refractivity contribution in [3.05, 3.63) is 0 Å². The van der Waals surface area contributed by atoms with Crippen molar-refractivity contribution < 1.29 is 9.59 Å². The van der Waals surface area contributed by atoms with Gasteiger partial charge < -0.3 is 16.0 Å². The van der Waals surface area contributed by atoms with Gasteiger partial charge in [-0.05, 0) is 19.3 Å². The van der Waals surface area contributed by atoms with E-state index in [-0.39, 0.29) is 18.4 Å². The fraction of sp³-hybridized carbons (Fsp3) is 0.818. The van der Waals surface area contributed by atoms with Gasteiger partial charge in [0, 0.05) is 13.1 Å². The Hall–Kier alpha value is -1.10. The molecule has 0 aromatic heterocycles. The van der Waals surface area contributed by atoms with Crippen molar-refractivity contribution >= 4 is 11.8 Å². The van der Waals surface area contributed by atoms with Gasteiger partial charge in [-0.3, -0.25) is 9.59 Å². The van der Waals surface area contributed by atoms with Crippen LogP contribution in [0.15, 0.2) is 0 Å². The molecule has 0 aliphatic heterocycles. The van der Waals surface area contributed by atoms with Crippen LogP contribution in [0, 0.1) is 0 Å². The molecule has 0 heterocycles. The van der Waals surface area contributed by atoms with Crippen molar-refractivity contribution in [3.63, 3.8) is 0 Å². The van der Waals surface area contributed by atoms with Gasteiger partial charge in [-0.25, -0.2) is 0 Å². The summed E-state index contributed by atoms with van der Waals surface area (Å²) in [7, 11) is 1.62. The van der Waals surface area contributed by atoms with Crippen LogP contribution in [0.4, 0.5) is 0 Å². The van der Waals surface area contributed by atoms with Crippen molar-refractivity contribution in [3.8, 4) is 0 Å². The minimum Gasteiger partial charge on any atom is -0.352 e. The number of rotatable bonds is 6. The molecule has 5 nitrogen and oxygen atoms in total. The van der Waals surface area contributed by atoms with E-state index in [0.29, 0.717) is 12.5 Å². The van der Waals surface area contributed by atoms with Gasteiger partial charge in [0.1, 0.15) is 0 Å². The number of likely N-dealkylation sites (N-methyl/N-ethyl adjacent to an activating group) is 1. The molecule has 0 saturated heterocycles. The highest BCUT2D eigenvalue weighted by molar-refractivity contribution is 5.87. The van der Waals surface area contributed by atoms with E-state index in [4.69, 9.17) is 5.73 Å². The van der Waals surface area contributed by atoms with Gasteiger partial charge in [-0.15, -0.1) is 0 Å². The third kappa shape index (κ3) is 4.18. The van der Waals surface area contributed by atoms with Crippen molar-refractivity contribution in [2.24, 2.45) is 5.73 Å². The van der Waals surface area contributed by atoms with Crippen LogP contribution >= 0.6 is 0 Å². The van der Waals surface area contributed by atoms with Crippen LogP contribution in [-0.2, 0) is 9.59 Å². The molecule has 0 bridgehead atoms. The first-order valence-corrected chi connectivity index (χ1v) is 5.84. The summed E-state index contributed by atoms with van der Waals surface area (Å²) in [5.41, 5.74) is 5.70. The zero-order valence-corrected chi connectivity index (χ0v) is 10.0. The number of hydrogen-bond acceptors (Lipinski definition) is 3. The third-order valence-electron chi connectivity index (χ3n) is 2.62. The Morgan fingerprint density at radius 3 is 2.62 bits per heavy atom. The van der Waals surface area contributed by atoms with Crippen LogP contribution in [0.3, 0.4) is 0 Å². The molecule has 2 amide bonds. The van der Waals surface area contributed by atoms with Crippen LogP contribution in [0.2, 0.25) is 0 Å². The van der Waals surface area contributed by atoms with Crippen molar-refractivity contribution in [1.82, 2.24) is 10.2 Å². The van der Waals surface area contributed by atoms with Gasteiger partial charge >= 0.3 is 0 Å². The molecule has 16 heavy (non-hydrogen) atoms. The number of nitrogens with two attached hydrogens (primary N) is 1. The standard InChI is InChI=1S/C11H21N3O2/c1-3-4-9(12)11(16)14(2)7-10(15)13-8-5-6-8/h8-9H,3-7,12H2,1-2H3,(H,13,15)/t9-/m1/s1. The van der Waals surface area contributed by atoms with Gasteiger partial charge in [0.15, 0.2) is 0 Å². The lowest BCUT2D eigenvalue weighted by Gasteiger charge is -2.20. The van der Waals surface area contributed by atoms with Gasteiger partial charge in [-0.2, -0.15) is 0 Å².